The molecule has 0 aliphatic heterocycles. The second kappa shape index (κ2) is 8.13. The van der Waals surface area contributed by atoms with E-state index in [1.165, 1.54) is 57.8 Å². The molecule has 4 aliphatic carbocycles. The van der Waals surface area contributed by atoms with Crippen molar-refractivity contribution in [2.75, 3.05) is 0 Å². The predicted molar refractivity (Wildman–Crippen MR) is 111 cm³/mol. The highest BCUT2D eigenvalue weighted by molar-refractivity contribution is 5.82. The Morgan fingerprint density at radius 2 is 1.56 bits per heavy atom. The van der Waals surface area contributed by atoms with Gasteiger partial charge in [0, 0.05) is 11.6 Å². The zero-order chi connectivity index (χ0) is 17.5. The molecule has 4 aliphatic rings. The van der Waals surface area contributed by atoms with Gasteiger partial charge in [0.25, 0.3) is 0 Å². The van der Waals surface area contributed by atoms with E-state index in [0.29, 0.717) is 11.3 Å². The minimum Gasteiger partial charge on any atom is -0.310 e. The average molecular weight is 348 g/mol. The first-order valence-corrected chi connectivity index (χ1v) is 11.1. The van der Waals surface area contributed by atoms with Gasteiger partial charge in [-0.2, -0.15) is 0 Å². The molecule has 4 rings (SSSR count). The van der Waals surface area contributed by atoms with Crippen molar-refractivity contribution in [2.24, 2.45) is 46.8 Å². The fourth-order valence-electron chi connectivity index (χ4n) is 7.80. The predicted octanol–water partition coefficient (Wildman–Crippen LogP) is 7.59. The van der Waals surface area contributed by atoms with E-state index in [-0.39, 0.29) is 7.43 Å². The summed E-state index contributed by atoms with van der Waals surface area (Å²) in [7, 11) is 0. The summed E-state index contributed by atoms with van der Waals surface area (Å²) in [6.07, 6.45) is 13.2. The molecule has 4 fully saturated rings. The van der Waals surface area contributed by atoms with Gasteiger partial charge in [0.15, 0.2) is 0 Å². The molecule has 0 aromatic heterocycles. The van der Waals surface area contributed by atoms with Crippen LogP contribution < -0.4 is 0 Å². The van der Waals surface area contributed by atoms with E-state index in [1.807, 2.05) is 13.8 Å². The fraction of sp³-hybridized carbons (Fsp3) is 0.958. The van der Waals surface area contributed by atoms with Crippen LogP contribution in [-0.2, 0) is 0 Å². The Bertz CT molecular complexity index is 455. The first-order valence-electron chi connectivity index (χ1n) is 11.1. The van der Waals surface area contributed by atoms with Crippen LogP contribution in [0.5, 0.6) is 0 Å². The minimum absolute atomic E-state index is 0. The van der Waals surface area contributed by atoms with E-state index in [4.69, 9.17) is 5.41 Å². The summed E-state index contributed by atoms with van der Waals surface area (Å²) in [5.74, 6) is 6.73. The van der Waals surface area contributed by atoms with Crippen LogP contribution in [0, 0.1) is 52.2 Å². The molecular formula is C24H45N. The summed E-state index contributed by atoms with van der Waals surface area (Å²) in [6, 6.07) is 0. The van der Waals surface area contributed by atoms with Gasteiger partial charge in [-0.1, -0.05) is 41.5 Å². The zero-order valence-corrected chi connectivity index (χ0v) is 16.9. The highest BCUT2D eigenvalue weighted by Gasteiger charge is 2.57. The summed E-state index contributed by atoms with van der Waals surface area (Å²) in [6.45, 7) is 11.1. The average Bonchev–Trinajstić information content (AvgIpc) is 2.93. The molecule has 0 bridgehead atoms. The van der Waals surface area contributed by atoms with Crippen molar-refractivity contribution in [1.29, 1.82) is 5.41 Å². The van der Waals surface area contributed by atoms with Crippen LogP contribution >= 0.6 is 0 Å². The molecule has 0 aromatic carbocycles. The van der Waals surface area contributed by atoms with Gasteiger partial charge in [-0.3, -0.25) is 0 Å². The van der Waals surface area contributed by atoms with Gasteiger partial charge in [0.1, 0.15) is 0 Å². The second-order valence-electron chi connectivity index (χ2n) is 9.71. The number of hydrogen-bond acceptors (Lipinski definition) is 1. The van der Waals surface area contributed by atoms with Gasteiger partial charge in [-0.05, 0) is 99.2 Å². The van der Waals surface area contributed by atoms with E-state index in [9.17, 15) is 0 Å². The van der Waals surface area contributed by atoms with Crippen LogP contribution in [0.3, 0.4) is 0 Å². The van der Waals surface area contributed by atoms with Gasteiger partial charge >= 0.3 is 0 Å². The maximum absolute atomic E-state index is 8.24. The van der Waals surface area contributed by atoms with Crippen molar-refractivity contribution in [1.82, 2.24) is 0 Å². The lowest BCUT2D eigenvalue weighted by molar-refractivity contribution is -0.0607. The Hall–Kier alpha value is -0.330. The third-order valence-corrected chi connectivity index (χ3v) is 8.74. The van der Waals surface area contributed by atoms with Gasteiger partial charge < -0.3 is 5.41 Å². The summed E-state index contributed by atoms with van der Waals surface area (Å²) in [5.41, 5.74) is 1.45. The van der Waals surface area contributed by atoms with Crippen molar-refractivity contribution in [2.45, 2.75) is 99.8 Å². The number of rotatable bonds is 1. The zero-order valence-electron chi connectivity index (χ0n) is 16.9. The molecule has 0 saturated heterocycles. The standard InChI is InChI=1S/C21H35N.C2H6.CH4/c1-13-4-6-16-15(12-13)5-7-18-17(16)10-11-21(3)19(14(2)22)8-9-20(18)21;1-2;/h13,15-20,22H,4-12H2,1-3H3;1-2H3;1H4. The normalized spacial score (nSPS) is 48.0. The van der Waals surface area contributed by atoms with Crippen LogP contribution in [0.15, 0.2) is 0 Å². The molecule has 146 valence electrons. The summed E-state index contributed by atoms with van der Waals surface area (Å²) < 4.78 is 0. The molecule has 0 spiro atoms. The van der Waals surface area contributed by atoms with E-state index in [1.54, 1.807) is 0 Å². The van der Waals surface area contributed by atoms with Crippen molar-refractivity contribution in [3.63, 3.8) is 0 Å². The quantitative estimate of drug-likeness (QED) is 0.472. The Balaban J connectivity index is 0.000000726. The van der Waals surface area contributed by atoms with Gasteiger partial charge in [-0.25, -0.2) is 0 Å². The van der Waals surface area contributed by atoms with Crippen LogP contribution in [-0.4, -0.2) is 5.71 Å². The third kappa shape index (κ3) is 3.46. The molecule has 4 saturated carbocycles. The summed E-state index contributed by atoms with van der Waals surface area (Å²) >= 11 is 0. The Morgan fingerprint density at radius 3 is 2.24 bits per heavy atom. The lowest BCUT2D eigenvalue weighted by Crippen LogP contribution is -2.49. The first-order chi connectivity index (χ1) is 11.5. The molecular weight excluding hydrogens is 302 g/mol. The van der Waals surface area contributed by atoms with Crippen molar-refractivity contribution in [3.05, 3.63) is 0 Å². The maximum Gasteiger partial charge on any atom is 0.00946 e. The minimum atomic E-state index is 0. The molecule has 25 heavy (non-hydrogen) atoms. The van der Waals surface area contributed by atoms with Crippen molar-refractivity contribution in [3.8, 4) is 0 Å². The van der Waals surface area contributed by atoms with E-state index in [0.717, 1.165) is 41.2 Å². The van der Waals surface area contributed by atoms with Crippen molar-refractivity contribution < 1.29 is 0 Å². The largest absolute Gasteiger partial charge is 0.310 e. The maximum atomic E-state index is 8.24. The van der Waals surface area contributed by atoms with E-state index < -0.39 is 0 Å². The smallest absolute Gasteiger partial charge is 0.00946 e. The lowest BCUT2D eigenvalue weighted by atomic mass is 9.49. The molecule has 1 heteroatoms. The van der Waals surface area contributed by atoms with Gasteiger partial charge in [0.2, 0.25) is 0 Å². The van der Waals surface area contributed by atoms with Gasteiger partial charge in [0.05, 0.1) is 0 Å². The molecule has 0 amide bonds. The number of fused-ring (bicyclic) bond motifs is 5. The molecule has 0 aromatic rings. The van der Waals surface area contributed by atoms with E-state index >= 15 is 0 Å². The molecule has 1 nitrogen and oxygen atoms in total. The van der Waals surface area contributed by atoms with Crippen molar-refractivity contribution >= 4 is 5.71 Å². The summed E-state index contributed by atoms with van der Waals surface area (Å²) in [5, 5.41) is 8.24. The Labute approximate surface area is 158 Å². The molecule has 0 heterocycles. The monoisotopic (exact) mass is 347 g/mol. The van der Waals surface area contributed by atoms with Crippen LogP contribution in [0.2, 0.25) is 0 Å². The van der Waals surface area contributed by atoms with Gasteiger partial charge in [-0.15, -0.1) is 0 Å². The first kappa shape index (κ1) is 21.0. The second-order valence-corrected chi connectivity index (χ2v) is 9.71. The van der Waals surface area contributed by atoms with Crippen LogP contribution in [0.25, 0.3) is 0 Å². The SMILES string of the molecule is C.CC.CC(=N)C1CCC2C3CCC4CC(C)CCC4C3CCC12C. The van der Waals surface area contributed by atoms with Crippen LogP contribution in [0.4, 0.5) is 0 Å². The molecule has 1 N–H and O–H groups in total. The molecule has 8 atom stereocenters. The Morgan fingerprint density at radius 1 is 0.880 bits per heavy atom. The number of nitrogens with one attached hydrogen (secondary N) is 1. The molecule has 8 unspecified atom stereocenters. The van der Waals surface area contributed by atoms with Crippen LogP contribution in [0.1, 0.15) is 99.8 Å². The fourth-order valence-corrected chi connectivity index (χ4v) is 7.80. The highest BCUT2D eigenvalue weighted by Crippen LogP contribution is 2.64. The topological polar surface area (TPSA) is 23.9 Å². The Kier molecular flexibility index (Phi) is 6.83. The number of hydrogen-bond donors (Lipinski definition) is 1. The molecule has 0 radical (unpaired) electrons. The highest BCUT2D eigenvalue weighted by atomic mass is 14.6. The summed E-state index contributed by atoms with van der Waals surface area (Å²) in [4.78, 5) is 0. The lowest BCUT2D eigenvalue weighted by Gasteiger charge is -2.56. The third-order valence-electron chi connectivity index (χ3n) is 8.74. The van der Waals surface area contributed by atoms with E-state index in [2.05, 4.69) is 20.8 Å².